The van der Waals surface area contributed by atoms with E-state index in [4.69, 9.17) is 14.6 Å². The zero-order valence-electron chi connectivity index (χ0n) is 20.2. The van der Waals surface area contributed by atoms with Crippen molar-refractivity contribution in [2.45, 2.75) is 20.5 Å². The van der Waals surface area contributed by atoms with E-state index in [9.17, 15) is 19.2 Å². The Balaban J connectivity index is 1.57. The third-order valence-electron chi connectivity index (χ3n) is 5.57. The van der Waals surface area contributed by atoms with Crippen LogP contribution in [-0.4, -0.2) is 35.5 Å². The van der Waals surface area contributed by atoms with Gasteiger partial charge < -0.3 is 14.6 Å². The molecule has 0 spiro atoms. The molecule has 4 amide bonds. The van der Waals surface area contributed by atoms with Crippen LogP contribution in [0.4, 0.5) is 10.5 Å². The number of nitrogens with one attached hydrogen (secondary N) is 1. The molecule has 0 aromatic heterocycles. The fraction of sp³-hybridized carbons (Fsp3) is 0.143. The van der Waals surface area contributed by atoms with Gasteiger partial charge in [0.15, 0.2) is 11.5 Å². The highest BCUT2D eigenvalue weighted by molar-refractivity contribution is 6.39. The van der Waals surface area contributed by atoms with Gasteiger partial charge in [0.05, 0.1) is 17.9 Å². The number of carboxylic acid groups (broad SMARTS) is 1. The Hall–Kier alpha value is -4.92. The largest absolute Gasteiger partial charge is 0.490 e. The summed E-state index contributed by atoms with van der Waals surface area (Å²) < 4.78 is 11.6. The van der Waals surface area contributed by atoms with Crippen LogP contribution >= 0.6 is 0 Å². The molecule has 1 fully saturated rings. The Morgan fingerprint density at radius 3 is 2.30 bits per heavy atom. The van der Waals surface area contributed by atoms with E-state index >= 15 is 0 Å². The number of carboxylic acids is 1. The normalized spacial score (nSPS) is 14.5. The molecule has 9 nitrogen and oxygen atoms in total. The smallest absolute Gasteiger partial charge is 0.335 e. The van der Waals surface area contributed by atoms with Crippen molar-refractivity contribution in [3.63, 3.8) is 0 Å². The van der Waals surface area contributed by atoms with Crippen LogP contribution in [0, 0.1) is 6.92 Å². The second kappa shape index (κ2) is 10.8. The molecule has 1 heterocycles. The van der Waals surface area contributed by atoms with E-state index in [-0.39, 0.29) is 17.7 Å². The van der Waals surface area contributed by atoms with Gasteiger partial charge in [0.25, 0.3) is 11.8 Å². The number of nitrogens with zero attached hydrogens (tertiary/aromatic N) is 1. The van der Waals surface area contributed by atoms with Gasteiger partial charge in [0, 0.05) is 0 Å². The van der Waals surface area contributed by atoms with Crippen LogP contribution in [0.3, 0.4) is 0 Å². The number of benzene rings is 3. The molecular weight excluding hydrogens is 476 g/mol. The summed E-state index contributed by atoms with van der Waals surface area (Å²) in [5.41, 5.74) is 2.56. The van der Waals surface area contributed by atoms with Crippen molar-refractivity contribution in [3.8, 4) is 11.5 Å². The molecule has 2 N–H and O–H groups in total. The van der Waals surface area contributed by atoms with E-state index in [1.165, 1.54) is 18.2 Å². The number of hydrogen-bond donors (Lipinski definition) is 2. The minimum absolute atomic E-state index is 0.176. The molecule has 9 heteroatoms. The average Bonchev–Trinajstić information content (AvgIpc) is 2.87. The Morgan fingerprint density at radius 2 is 1.65 bits per heavy atom. The number of imide groups is 2. The van der Waals surface area contributed by atoms with Gasteiger partial charge in [-0.25, -0.2) is 14.5 Å². The molecular formula is C28H24N2O7. The van der Waals surface area contributed by atoms with Crippen molar-refractivity contribution < 1.29 is 33.8 Å². The lowest BCUT2D eigenvalue weighted by Crippen LogP contribution is -2.54. The molecule has 37 heavy (non-hydrogen) atoms. The summed E-state index contributed by atoms with van der Waals surface area (Å²) in [6.07, 6.45) is 1.39. The van der Waals surface area contributed by atoms with Crippen molar-refractivity contribution in [2.24, 2.45) is 0 Å². The van der Waals surface area contributed by atoms with Crippen molar-refractivity contribution >= 4 is 35.6 Å². The van der Waals surface area contributed by atoms with Gasteiger partial charge in [-0.1, -0.05) is 35.9 Å². The van der Waals surface area contributed by atoms with Gasteiger partial charge >= 0.3 is 12.0 Å². The molecule has 188 valence electrons. The third kappa shape index (κ3) is 5.67. The van der Waals surface area contributed by atoms with Crippen LogP contribution in [0.15, 0.2) is 72.3 Å². The molecule has 0 unspecified atom stereocenters. The van der Waals surface area contributed by atoms with Crippen molar-refractivity contribution in [1.82, 2.24) is 5.32 Å². The maximum Gasteiger partial charge on any atom is 0.335 e. The first-order chi connectivity index (χ1) is 17.8. The van der Waals surface area contributed by atoms with Gasteiger partial charge in [-0.2, -0.15) is 0 Å². The summed E-state index contributed by atoms with van der Waals surface area (Å²) in [5.74, 6) is -1.70. The molecule has 3 aromatic carbocycles. The Labute approximate surface area is 212 Å². The number of hydrogen-bond acceptors (Lipinski definition) is 6. The fourth-order valence-corrected chi connectivity index (χ4v) is 3.66. The molecule has 4 rings (SSSR count). The average molecular weight is 501 g/mol. The highest BCUT2D eigenvalue weighted by atomic mass is 16.5. The molecule has 0 bridgehead atoms. The van der Waals surface area contributed by atoms with E-state index in [2.05, 4.69) is 5.32 Å². The lowest BCUT2D eigenvalue weighted by Gasteiger charge is -2.26. The predicted octanol–water partition coefficient (Wildman–Crippen LogP) is 4.34. The summed E-state index contributed by atoms with van der Waals surface area (Å²) in [7, 11) is 0. The van der Waals surface area contributed by atoms with Crippen LogP contribution in [-0.2, 0) is 16.2 Å². The molecule has 0 saturated carbocycles. The van der Waals surface area contributed by atoms with Gasteiger partial charge in [-0.15, -0.1) is 0 Å². The van der Waals surface area contributed by atoms with Crippen molar-refractivity contribution in [1.29, 1.82) is 0 Å². The monoisotopic (exact) mass is 500 g/mol. The fourth-order valence-electron chi connectivity index (χ4n) is 3.66. The lowest BCUT2D eigenvalue weighted by molar-refractivity contribution is -0.122. The number of aromatic carboxylic acids is 1. The van der Waals surface area contributed by atoms with E-state index < -0.39 is 23.8 Å². The minimum Gasteiger partial charge on any atom is -0.490 e. The Morgan fingerprint density at radius 1 is 0.946 bits per heavy atom. The number of carbonyl (C=O) groups is 4. The number of urea groups is 1. The van der Waals surface area contributed by atoms with Gasteiger partial charge in [-0.3, -0.25) is 14.9 Å². The summed E-state index contributed by atoms with van der Waals surface area (Å²) >= 11 is 0. The molecule has 1 aliphatic heterocycles. The van der Waals surface area contributed by atoms with Gasteiger partial charge in [0.1, 0.15) is 12.2 Å². The molecule has 1 saturated heterocycles. The first-order valence-corrected chi connectivity index (χ1v) is 11.5. The van der Waals surface area contributed by atoms with Crippen LogP contribution < -0.4 is 19.7 Å². The quantitative estimate of drug-likeness (QED) is 0.349. The number of barbiturate groups is 1. The highest BCUT2D eigenvalue weighted by Gasteiger charge is 2.36. The molecule has 0 radical (unpaired) electrons. The minimum atomic E-state index is -1.01. The van der Waals surface area contributed by atoms with E-state index in [1.807, 2.05) is 13.8 Å². The van der Waals surface area contributed by atoms with Gasteiger partial charge in [-0.05, 0) is 67.4 Å². The summed E-state index contributed by atoms with van der Waals surface area (Å²) in [5, 5.41) is 11.2. The zero-order chi connectivity index (χ0) is 26.5. The van der Waals surface area contributed by atoms with E-state index in [1.54, 1.807) is 54.6 Å². The highest BCUT2D eigenvalue weighted by Crippen LogP contribution is 2.31. The van der Waals surface area contributed by atoms with Crippen LogP contribution in [0.2, 0.25) is 0 Å². The topological polar surface area (TPSA) is 122 Å². The van der Waals surface area contributed by atoms with Crippen LogP contribution in [0.1, 0.15) is 34.0 Å². The van der Waals surface area contributed by atoms with Crippen LogP contribution in [0.25, 0.3) is 6.08 Å². The summed E-state index contributed by atoms with van der Waals surface area (Å²) in [6, 6.07) is 17.2. The number of ether oxygens (including phenoxy) is 2. The lowest BCUT2D eigenvalue weighted by atomic mass is 10.1. The number of amides is 4. The van der Waals surface area contributed by atoms with Crippen molar-refractivity contribution in [2.75, 3.05) is 11.5 Å². The first kappa shape index (κ1) is 25.2. The van der Waals surface area contributed by atoms with Crippen molar-refractivity contribution in [3.05, 3.63) is 94.6 Å². The maximum absolute atomic E-state index is 13.1. The standard InChI is InChI=1S/C28H24N2O7/c1-3-36-24-15-19(8-13-23(24)37-16-18-6-9-20(10-7-18)27(33)34)14-22-25(31)29-28(35)30(26(22)32)21-11-4-17(2)5-12-21/h4-15H,3,16H2,1-2H3,(H,33,34)(H,29,31,35)/b22-14+. The Bertz CT molecular complexity index is 1390. The second-order valence-corrected chi connectivity index (χ2v) is 8.22. The molecule has 3 aromatic rings. The zero-order valence-corrected chi connectivity index (χ0v) is 20.2. The number of aryl methyl sites for hydroxylation is 1. The van der Waals surface area contributed by atoms with Gasteiger partial charge in [0.2, 0.25) is 0 Å². The number of anilines is 1. The molecule has 1 aliphatic rings. The molecule has 0 aliphatic carbocycles. The first-order valence-electron chi connectivity index (χ1n) is 11.5. The van der Waals surface area contributed by atoms with Crippen LogP contribution in [0.5, 0.6) is 11.5 Å². The summed E-state index contributed by atoms with van der Waals surface area (Å²) in [6.45, 7) is 4.21. The van der Waals surface area contributed by atoms with E-state index in [0.717, 1.165) is 16.0 Å². The molecule has 0 atom stereocenters. The SMILES string of the molecule is CCOc1cc(/C=C2\C(=O)NC(=O)N(c3ccc(C)cc3)C2=O)ccc1OCc1ccc(C(=O)O)cc1. The number of carbonyl (C=O) groups excluding carboxylic acids is 3. The number of rotatable bonds is 8. The van der Waals surface area contributed by atoms with E-state index in [0.29, 0.717) is 29.4 Å². The summed E-state index contributed by atoms with van der Waals surface area (Å²) in [4.78, 5) is 50.0. The third-order valence-corrected chi connectivity index (χ3v) is 5.57. The Kier molecular flexibility index (Phi) is 7.34. The second-order valence-electron chi connectivity index (χ2n) is 8.22. The maximum atomic E-state index is 13.1. The predicted molar refractivity (Wildman–Crippen MR) is 136 cm³/mol.